The van der Waals surface area contributed by atoms with Gasteiger partial charge in [0, 0.05) is 12.6 Å². The number of esters is 1. The minimum atomic E-state index is -0.606. The molecule has 7 heteroatoms. The van der Waals surface area contributed by atoms with Crippen LogP contribution in [0.5, 0.6) is 0 Å². The Morgan fingerprint density at radius 3 is 2.89 bits per heavy atom. The Morgan fingerprint density at radius 1 is 1.56 bits per heavy atom. The first-order chi connectivity index (χ1) is 8.63. The molecule has 0 atom stereocenters. The van der Waals surface area contributed by atoms with Gasteiger partial charge in [-0.05, 0) is 12.1 Å². The topological polar surface area (TPSA) is 93.8 Å². The highest BCUT2D eigenvalue weighted by molar-refractivity contribution is 6.04. The number of benzene rings is 1. The summed E-state index contributed by atoms with van der Waals surface area (Å²) in [6.45, 7) is 1.25. The van der Waals surface area contributed by atoms with E-state index in [1.807, 2.05) is 0 Å². The molecule has 1 aliphatic heterocycles. The SMILES string of the molecule is COC(=O)c1ccc(C2=NCCN2)c([N+](=O)[O-])c1. The molecule has 0 bridgehead atoms. The molecule has 18 heavy (non-hydrogen) atoms. The van der Waals surface area contributed by atoms with Gasteiger partial charge in [-0.25, -0.2) is 4.79 Å². The fraction of sp³-hybridized carbons (Fsp3) is 0.273. The van der Waals surface area contributed by atoms with Gasteiger partial charge in [-0.2, -0.15) is 0 Å². The Bertz CT molecular complexity index is 539. The van der Waals surface area contributed by atoms with Gasteiger partial charge < -0.3 is 10.1 Å². The van der Waals surface area contributed by atoms with Crippen LogP contribution in [-0.4, -0.2) is 36.9 Å². The number of carbonyl (C=O) groups excluding carboxylic acids is 1. The molecular weight excluding hydrogens is 238 g/mol. The van der Waals surface area contributed by atoms with E-state index in [4.69, 9.17) is 0 Å². The van der Waals surface area contributed by atoms with Gasteiger partial charge in [0.15, 0.2) is 0 Å². The van der Waals surface area contributed by atoms with Crippen molar-refractivity contribution in [3.05, 3.63) is 39.4 Å². The van der Waals surface area contributed by atoms with Gasteiger partial charge in [-0.15, -0.1) is 0 Å². The fourth-order valence-electron chi connectivity index (χ4n) is 1.71. The van der Waals surface area contributed by atoms with Gasteiger partial charge in [0.1, 0.15) is 5.84 Å². The number of methoxy groups -OCH3 is 1. The lowest BCUT2D eigenvalue weighted by molar-refractivity contribution is -0.385. The summed E-state index contributed by atoms with van der Waals surface area (Å²) < 4.78 is 4.53. The molecule has 1 N–H and O–H groups in total. The number of amidine groups is 1. The summed E-state index contributed by atoms with van der Waals surface area (Å²) in [7, 11) is 1.23. The highest BCUT2D eigenvalue weighted by Gasteiger charge is 2.22. The lowest BCUT2D eigenvalue weighted by Crippen LogP contribution is -2.20. The molecule has 0 aromatic heterocycles. The van der Waals surface area contributed by atoms with Crippen LogP contribution in [0.15, 0.2) is 23.2 Å². The summed E-state index contributed by atoms with van der Waals surface area (Å²) in [5.74, 6) is -0.121. The van der Waals surface area contributed by atoms with E-state index >= 15 is 0 Å². The highest BCUT2D eigenvalue weighted by Crippen LogP contribution is 2.22. The maximum Gasteiger partial charge on any atom is 0.338 e. The predicted molar refractivity (Wildman–Crippen MR) is 63.8 cm³/mol. The number of hydrogen-bond acceptors (Lipinski definition) is 6. The number of nitro groups is 1. The Morgan fingerprint density at radius 2 is 2.33 bits per heavy atom. The van der Waals surface area contributed by atoms with Crippen LogP contribution in [0.1, 0.15) is 15.9 Å². The van der Waals surface area contributed by atoms with Crippen LogP contribution < -0.4 is 5.32 Å². The van der Waals surface area contributed by atoms with E-state index in [2.05, 4.69) is 15.0 Å². The van der Waals surface area contributed by atoms with Gasteiger partial charge in [0.2, 0.25) is 0 Å². The molecule has 94 valence electrons. The first-order valence-corrected chi connectivity index (χ1v) is 5.29. The summed E-state index contributed by atoms with van der Waals surface area (Å²) in [5.41, 5.74) is 0.364. The van der Waals surface area contributed by atoms with Crippen LogP contribution in [-0.2, 0) is 4.74 Å². The van der Waals surface area contributed by atoms with Gasteiger partial charge >= 0.3 is 5.97 Å². The molecular formula is C11H11N3O4. The quantitative estimate of drug-likeness (QED) is 0.484. The van der Waals surface area contributed by atoms with Gasteiger partial charge in [-0.3, -0.25) is 15.1 Å². The van der Waals surface area contributed by atoms with Crippen molar-refractivity contribution in [2.75, 3.05) is 20.2 Å². The van der Waals surface area contributed by atoms with E-state index in [0.717, 1.165) is 0 Å². The van der Waals surface area contributed by atoms with E-state index in [1.165, 1.54) is 25.3 Å². The minimum Gasteiger partial charge on any atom is -0.465 e. The van der Waals surface area contributed by atoms with Crippen LogP contribution in [0.4, 0.5) is 5.69 Å². The molecule has 2 rings (SSSR count). The van der Waals surface area contributed by atoms with Crippen LogP contribution >= 0.6 is 0 Å². The Hall–Kier alpha value is -2.44. The number of nitrogens with zero attached hydrogens (tertiary/aromatic N) is 2. The average Bonchev–Trinajstić information content (AvgIpc) is 2.90. The average molecular weight is 249 g/mol. The maximum atomic E-state index is 11.3. The third kappa shape index (κ3) is 2.15. The van der Waals surface area contributed by atoms with Gasteiger partial charge in [0.25, 0.3) is 5.69 Å². The van der Waals surface area contributed by atoms with Crippen molar-refractivity contribution in [3.63, 3.8) is 0 Å². The zero-order valence-electron chi connectivity index (χ0n) is 9.67. The number of nitrogens with one attached hydrogen (secondary N) is 1. The smallest absolute Gasteiger partial charge is 0.338 e. The Balaban J connectivity index is 2.48. The molecule has 0 aliphatic carbocycles. The summed E-state index contributed by atoms with van der Waals surface area (Å²) in [6.07, 6.45) is 0. The summed E-state index contributed by atoms with van der Waals surface area (Å²) in [6, 6.07) is 4.18. The van der Waals surface area contributed by atoms with E-state index in [0.29, 0.717) is 24.5 Å². The lowest BCUT2D eigenvalue weighted by atomic mass is 10.1. The zero-order valence-corrected chi connectivity index (χ0v) is 9.67. The first kappa shape index (κ1) is 12.0. The van der Waals surface area contributed by atoms with Crippen LogP contribution in [0, 0.1) is 10.1 Å². The summed E-state index contributed by atoms with van der Waals surface area (Å²) in [5, 5.41) is 14.0. The number of nitro benzene ring substituents is 1. The monoisotopic (exact) mass is 249 g/mol. The largest absolute Gasteiger partial charge is 0.465 e. The Labute approximate surface area is 103 Å². The van der Waals surface area contributed by atoms with E-state index in [-0.39, 0.29) is 11.3 Å². The van der Waals surface area contributed by atoms with E-state index < -0.39 is 10.9 Å². The van der Waals surface area contributed by atoms with Gasteiger partial charge in [0.05, 0.1) is 29.7 Å². The van der Waals surface area contributed by atoms with Crippen molar-refractivity contribution < 1.29 is 14.5 Å². The fourth-order valence-corrected chi connectivity index (χ4v) is 1.71. The first-order valence-electron chi connectivity index (χ1n) is 5.29. The number of ether oxygens (including phenoxy) is 1. The lowest BCUT2D eigenvalue weighted by Gasteiger charge is -2.05. The molecule has 0 saturated carbocycles. The molecule has 0 radical (unpaired) electrons. The van der Waals surface area contributed by atoms with Crippen molar-refractivity contribution in [2.45, 2.75) is 0 Å². The number of aliphatic imine (C=N–C) groups is 1. The third-order valence-electron chi connectivity index (χ3n) is 2.54. The van der Waals surface area contributed by atoms with Crippen LogP contribution in [0.25, 0.3) is 0 Å². The zero-order chi connectivity index (χ0) is 13.1. The molecule has 0 spiro atoms. The molecule has 1 aromatic carbocycles. The third-order valence-corrected chi connectivity index (χ3v) is 2.54. The normalized spacial score (nSPS) is 13.7. The number of carbonyl (C=O) groups is 1. The standard InChI is InChI=1S/C11H11N3O4/c1-18-11(15)7-2-3-8(9(6-7)14(16)17)10-12-4-5-13-10/h2-3,6H,4-5H2,1H3,(H,12,13). The molecule has 1 aliphatic rings. The van der Waals surface area contributed by atoms with E-state index in [1.54, 1.807) is 0 Å². The van der Waals surface area contributed by atoms with Crippen molar-refractivity contribution in [1.82, 2.24) is 5.32 Å². The number of rotatable bonds is 3. The molecule has 0 unspecified atom stereocenters. The van der Waals surface area contributed by atoms with Crippen molar-refractivity contribution in [1.29, 1.82) is 0 Å². The predicted octanol–water partition coefficient (Wildman–Crippen LogP) is 0.731. The molecule has 1 aromatic rings. The maximum absolute atomic E-state index is 11.3. The molecule has 0 amide bonds. The highest BCUT2D eigenvalue weighted by atomic mass is 16.6. The van der Waals surface area contributed by atoms with E-state index in [9.17, 15) is 14.9 Å². The molecule has 7 nitrogen and oxygen atoms in total. The molecule has 0 saturated heterocycles. The summed E-state index contributed by atoms with van der Waals surface area (Å²) >= 11 is 0. The second kappa shape index (κ2) is 4.82. The molecule has 1 heterocycles. The molecule has 0 fully saturated rings. The number of hydrogen-bond donors (Lipinski definition) is 1. The summed E-state index contributed by atoms with van der Waals surface area (Å²) in [4.78, 5) is 25.9. The second-order valence-corrected chi connectivity index (χ2v) is 3.64. The van der Waals surface area contributed by atoms with Crippen molar-refractivity contribution >= 4 is 17.5 Å². The van der Waals surface area contributed by atoms with Crippen LogP contribution in [0.3, 0.4) is 0 Å². The van der Waals surface area contributed by atoms with Crippen molar-refractivity contribution in [3.8, 4) is 0 Å². The van der Waals surface area contributed by atoms with Gasteiger partial charge in [-0.1, -0.05) is 0 Å². The minimum absolute atomic E-state index is 0.145. The van der Waals surface area contributed by atoms with Crippen LogP contribution in [0.2, 0.25) is 0 Å². The Kier molecular flexibility index (Phi) is 3.22. The van der Waals surface area contributed by atoms with Crippen molar-refractivity contribution in [2.24, 2.45) is 4.99 Å². The second-order valence-electron chi connectivity index (χ2n) is 3.64.